The zero-order valence-electron chi connectivity index (χ0n) is 8.08. The molecule has 2 rings (SSSR count). The van der Waals surface area contributed by atoms with E-state index >= 15 is 0 Å². The molecule has 0 aliphatic carbocycles. The van der Waals surface area contributed by atoms with Crippen LogP contribution in [0, 0.1) is 0 Å². The summed E-state index contributed by atoms with van der Waals surface area (Å²) in [6.45, 7) is 1.30. The standard InChI is InChI=1S/C10H10F2N2S/c1-10(13,8(11)12)9-14-6-4-2-3-5-7(6)15-9/h2-5,8H,13H2,1H3. The minimum Gasteiger partial charge on any atom is -0.315 e. The Bertz CT molecular complexity index is 446. The SMILES string of the molecule is CC(N)(c1nc2ccccc2s1)C(F)F. The molecule has 1 aromatic carbocycles. The van der Waals surface area contributed by atoms with Gasteiger partial charge < -0.3 is 5.73 Å². The highest BCUT2D eigenvalue weighted by Gasteiger charge is 2.35. The summed E-state index contributed by atoms with van der Waals surface area (Å²) >= 11 is 1.22. The average Bonchev–Trinajstić information content (AvgIpc) is 2.61. The summed E-state index contributed by atoms with van der Waals surface area (Å²) < 4.78 is 26.2. The Balaban J connectivity index is 2.53. The molecule has 2 aromatic rings. The molecular weight excluding hydrogens is 218 g/mol. The number of nitrogens with zero attached hydrogens (tertiary/aromatic N) is 1. The van der Waals surface area contributed by atoms with Crippen molar-refractivity contribution in [2.24, 2.45) is 5.73 Å². The number of nitrogens with two attached hydrogens (primary N) is 1. The molecule has 2 nitrogen and oxygen atoms in total. The summed E-state index contributed by atoms with van der Waals surface area (Å²) in [4.78, 5) is 4.12. The van der Waals surface area contributed by atoms with Crippen LogP contribution in [0.15, 0.2) is 24.3 Å². The summed E-state index contributed by atoms with van der Waals surface area (Å²) in [5.74, 6) is 0. The first-order chi connectivity index (χ1) is 7.01. The van der Waals surface area contributed by atoms with E-state index in [1.54, 1.807) is 6.07 Å². The molecule has 1 heterocycles. The number of hydrogen-bond acceptors (Lipinski definition) is 3. The second-order valence-electron chi connectivity index (χ2n) is 3.57. The Kier molecular flexibility index (Phi) is 2.44. The maximum Gasteiger partial charge on any atom is 0.262 e. The highest BCUT2D eigenvalue weighted by Crippen LogP contribution is 2.31. The van der Waals surface area contributed by atoms with Crippen molar-refractivity contribution in [1.29, 1.82) is 0 Å². The lowest BCUT2D eigenvalue weighted by Crippen LogP contribution is -2.40. The Labute approximate surface area is 89.7 Å². The van der Waals surface area contributed by atoms with E-state index < -0.39 is 12.0 Å². The molecule has 5 heteroatoms. The Hall–Kier alpha value is -1.07. The molecule has 15 heavy (non-hydrogen) atoms. The van der Waals surface area contributed by atoms with Gasteiger partial charge >= 0.3 is 0 Å². The fraction of sp³-hybridized carbons (Fsp3) is 0.300. The van der Waals surface area contributed by atoms with Gasteiger partial charge in [0.1, 0.15) is 10.5 Å². The minimum absolute atomic E-state index is 0.277. The fourth-order valence-electron chi connectivity index (χ4n) is 1.20. The van der Waals surface area contributed by atoms with Gasteiger partial charge in [0.15, 0.2) is 0 Å². The third-order valence-electron chi connectivity index (χ3n) is 2.21. The van der Waals surface area contributed by atoms with Crippen LogP contribution in [0.3, 0.4) is 0 Å². The van der Waals surface area contributed by atoms with Crippen molar-refractivity contribution in [2.45, 2.75) is 18.9 Å². The molecule has 80 valence electrons. The topological polar surface area (TPSA) is 38.9 Å². The van der Waals surface area contributed by atoms with E-state index in [-0.39, 0.29) is 5.01 Å². The highest BCUT2D eigenvalue weighted by atomic mass is 32.1. The van der Waals surface area contributed by atoms with E-state index in [1.807, 2.05) is 18.2 Å². The molecule has 0 saturated carbocycles. The molecule has 0 amide bonds. The quantitative estimate of drug-likeness (QED) is 0.858. The van der Waals surface area contributed by atoms with Crippen LogP contribution in [0.25, 0.3) is 10.2 Å². The van der Waals surface area contributed by atoms with Crippen LogP contribution >= 0.6 is 11.3 Å². The lowest BCUT2D eigenvalue weighted by molar-refractivity contribution is 0.0625. The molecule has 1 aromatic heterocycles. The van der Waals surface area contributed by atoms with Gasteiger partial charge in [0.25, 0.3) is 6.43 Å². The van der Waals surface area contributed by atoms with Gasteiger partial charge in [-0.15, -0.1) is 11.3 Å². The van der Waals surface area contributed by atoms with Crippen molar-refractivity contribution in [3.8, 4) is 0 Å². The molecule has 2 N–H and O–H groups in total. The first kappa shape index (κ1) is 10.4. The second-order valence-corrected chi connectivity index (χ2v) is 4.60. The summed E-state index contributed by atoms with van der Waals surface area (Å²) in [6, 6.07) is 7.30. The Morgan fingerprint density at radius 3 is 2.67 bits per heavy atom. The number of alkyl halides is 2. The maximum absolute atomic E-state index is 12.7. The molecule has 0 spiro atoms. The van der Waals surface area contributed by atoms with Crippen LogP contribution in [0.2, 0.25) is 0 Å². The van der Waals surface area contributed by atoms with Crippen molar-refractivity contribution in [3.63, 3.8) is 0 Å². The predicted octanol–water partition coefficient (Wildman–Crippen LogP) is 2.74. The summed E-state index contributed by atoms with van der Waals surface area (Å²) in [6.07, 6.45) is -2.61. The van der Waals surface area contributed by atoms with Crippen LogP contribution in [0.5, 0.6) is 0 Å². The van der Waals surface area contributed by atoms with Gasteiger partial charge in [0.2, 0.25) is 0 Å². The lowest BCUT2D eigenvalue weighted by atomic mass is 10.1. The van der Waals surface area contributed by atoms with Gasteiger partial charge in [-0.25, -0.2) is 13.8 Å². The molecule has 1 atom stereocenters. The third-order valence-corrected chi connectivity index (χ3v) is 3.50. The largest absolute Gasteiger partial charge is 0.315 e. The summed E-state index contributed by atoms with van der Waals surface area (Å²) in [7, 11) is 0. The number of thiazole rings is 1. The van der Waals surface area contributed by atoms with E-state index in [4.69, 9.17) is 5.73 Å². The number of fused-ring (bicyclic) bond motifs is 1. The lowest BCUT2D eigenvalue weighted by Gasteiger charge is -2.19. The van der Waals surface area contributed by atoms with Crippen LogP contribution in [-0.2, 0) is 5.54 Å². The van der Waals surface area contributed by atoms with Crippen LogP contribution in [-0.4, -0.2) is 11.4 Å². The monoisotopic (exact) mass is 228 g/mol. The first-order valence-corrected chi connectivity index (χ1v) is 5.26. The van der Waals surface area contributed by atoms with E-state index in [0.717, 1.165) is 10.2 Å². The Morgan fingerprint density at radius 2 is 2.07 bits per heavy atom. The Morgan fingerprint density at radius 1 is 1.40 bits per heavy atom. The maximum atomic E-state index is 12.7. The number of halogens is 2. The van der Waals surface area contributed by atoms with Gasteiger partial charge in [-0.3, -0.25) is 0 Å². The molecule has 0 fully saturated rings. The molecule has 0 bridgehead atoms. The van der Waals surface area contributed by atoms with E-state index in [1.165, 1.54) is 18.3 Å². The number of para-hydroxylation sites is 1. The van der Waals surface area contributed by atoms with Crippen LogP contribution in [0.1, 0.15) is 11.9 Å². The van der Waals surface area contributed by atoms with Gasteiger partial charge in [-0.2, -0.15) is 0 Å². The van der Waals surface area contributed by atoms with Gasteiger partial charge in [-0.05, 0) is 19.1 Å². The average molecular weight is 228 g/mol. The normalized spacial score (nSPS) is 15.8. The molecule has 1 unspecified atom stereocenters. The molecule has 0 aliphatic rings. The van der Waals surface area contributed by atoms with Crippen molar-refractivity contribution in [2.75, 3.05) is 0 Å². The van der Waals surface area contributed by atoms with Crippen molar-refractivity contribution < 1.29 is 8.78 Å². The van der Waals surface area contributed by atoms with E-state index in [9.17, 15) is 8.78 Å². The number of benzene rings is 1. The zero-order valence-corrected chi connectivity index (χ0v) is 8.89. The predicted molar refractivity (Wildman–Crippen MR) is 57.2 cm³/mol. The van der Waals surface area contributed by atoms with Crippen molar-refractivity contribution >= 4 is 21.6 Å². The van der Waals surface area contributed by atoms with E-state index in [0.29, 0.717) is 0 Å². The molecule has 0 radical (unpaired) electrons. The fourth-order valence-corrected chi connectivity index (χ4v) is 2.22. The van der Waals surface area contributed by atoms with Crippen molar-refractivity contribution in [3.05, 3.63) is 29.3 Å². The summed E-state index contributed by atoms with van der Waals surface area (Å²) in [5, 5.41) is 0.277. The van der Waals surface area contributed by atoms with Gasteiger partial charge in [-0.1, -0.05) is 12.1 Å². The van der Waals surface area contributed by atoms with Gasteiger partial charge in [0, 0.05) is 0 Å². The van der Waals surface area contributed by atoms with Gasteiger partial charge in [0.05, 0.1) is 10.2 Å². The number of aromatic nitrogens is 1. The van der Waals surface area contributed by atoms with Crippen LogP contribution < -0.4 is 5.73 Å². The molecular formula is C10H10F2N2S. The minimum atomic E-state index is -2.61. The van der Waals surface area contributed by atoms with Crippen LogP contribution in [0.4, 0.5) is 8.78 Å². The number of hydrogen-bond donors (Lipinski definition) is 1. The first-order valence-electron chi connectivity index (χ1n) is 4.45. The third kappa shape index (κ3) is 1.72. The highest BCUT2D eigenvalue weighted by molar-refractivity contribution is 7.18. The number of rotatable bonds is 2. The summed E-state index contributed by atoms with van der Waals surface area (Å²) in [5.41, 5.74) is 4.60. The smallest absolute Gasteiger partial charge is 0.262 e. The zero-order chi connectivity index (χ0) is 11.1. The molecule has 0 saturated heterocycles. The van der Waals surface area contributed by atoms with E-state index in [2.05, 4.69) is 4.98 Å². The molecule has 0 aliphatic heterocycles. The second kappa shape index (κ2) is 3.50. The van der Waals surface area contributed by atoms with Crippen molar-refractivity contribution in [1.82, 2.24) is 4.98 Å².